The predicted molar refractivity (Wildman–Crippen MR) is 105 cm³/mol. The molecule has 6 nitrogen and oxygen atoms in total. The lowest BCUT2D eigenvalue weighted by atomic mass is 9.97. The Morgan fingerprint density at radius 1 is 1.15 bits per heavy atom. The van der Waals surface area contributed by atoms with Gasteiger partial charge in [-0.05, 0) is 50.8 Å². The zero-order valence-electron chi connectivity index (χ0n) is 16.5. The number of unbranched alkanes of at least 4 members (excludes halogenated alkanes) is 1. The van der Waals surface area contributed by atoms with Gasteiger partial charge in [-0.25, -0.2) is 8.42 Å². The molecule has 1 aromatic carbocycles. The molecule has 2 aliphatic heterocycles. The number of ether oxygens (including phenoxy) is 1. The highest BCUT2D eigenvalue weighted by Gasteiger charge is 2.49. The predicted octanol–water partition coefficient (Wildman–Crippen LogP) is 3.26. The first kappa shape index (κ1) is 20.3. The Labute approximate surface area is 162 Å². The summed E-state index contributed by atoms with van der Waals surface area (Å²) in [6, 6.07) is 5.05. The van der Waals surface area contributed by atoms with Crippen molar-refractivity contribution in [1.29, 1.82) is 0 Å². The van der Waals surface area contributed by atoms with E-state index in [4.69, 9.17) is 4.74 Å². The fourth-order valence-corrected chi connectivity index (χ4v) is 5.38. The van der Waals surface area contributed by atoms with Crippen LogP contribution in [0.1, 0.15) is 58.4 Å². The monoisotopic (exact) mass is 394 g/mol. The van der Waals surface area contributed by atoms with Gasteiger partial charge in [0.05, 0.1) is 10.6 Å². The first-order valence-corrected chi connectivity index (χ1v) is 11.4. The van der Waals surface area contributed by atoms with Gasteiger partial charge in [0.2, 0.25) is 10.0 Å². The van der Waals surface area contributed by atoms with Crippen molar-refractivity contribution >= 4 is 21.6 Å². The van der Waals surface area contributed by atoms with Gasteiger partial charge in [-0.2, -0.15) is 4.31 Å². The van der Waals surface area contributed by atoms with Gasteiger partial charge in [0, 0.05) is 31.8 Å². The molecule has 1 fully saturated rings. The van der Waals surface area contributed by atoms with Gasteiger partial charge in [0.15, 0.2) is 5.60 Å². The van der Waals surface area contributed by atoms with E-state index in [1.165, 1.54) is 4.31 Å². The molecule has 0 bridgehead atoms. The summed E-state index contributed by atoms with van der Waals surface area (Å²) in [5, 5.41) is 0. The number of nitrogens with zero attached hydrogens (tertiary/aromatic N) is 2. The Kier molecular flexibility index (Phi) is 5.93. The lowest BCUT2D eigenvalue weighted by molar-refractivity contribution is -0.141. The SMILES string of the molecule is CCCCN1C(=O)C(C)(OCCC)c2cc(S(=O)(=O)N3CCCC3)ccc21. The van der Waals surface area contributed by atoms with Crippen molar-refractivity contribution in [3.8, 4) is 0 Å². The number of carbonyl (C=O) groups is 1. The van der Waals surface area contributed by atoms with Crippen molar-refractivity contribution in [3.05, 3.63) is 23.8 Å². The lowest BCUT2D eigenvalue weighted by Crippen LogP contribution is -2.40. The molecule has 1 saturated heterocycles. The van der Waals surface area contributed by atoms with Gasteiger partial charge in [-0.3, -0.25) is 4.79 Å². The third kappa shape index (κ3) is 3.52. The van der Waals surface area contributed by atoms with Crippen LogP contribution >= 0.6 is 0 Å². The third-order valence-electron chi connectivity index (χ3n) is 5.46. The fourth-order valence-electron chi connectivity index (χ4n) is 3.84. The maximum absolute atomic E-state index is 13.2. The summed E-state index contributed by atoms with van der Waals surface area (Å²) in [5.74, 6) is -0.102. The van der Waals surface area contributed by atoms with Crippen molar-refractivity contribution in [2.24, 2.45) is 0 Å². The lowest BCUT2D eigenvalue weighted by Gasteiger charge is -2.25. The van der Waals surface area contributed by atoms with Gasteiger partial charge in [0.1, 0.15) is 0 Å². The Hall–Kier alpha value is -1.44. The molecule has 2 heterocycles. The largest absolute Gasteiger partial charge is 0.361 e. The molecule has 1 aromatic rings. The van der Waals surface area contributed by atoms with Gasteiger partial charge in [-0.1, -0.05) is 20.3 Å². The van der Waals surface area contributed by atoms with E-state index < -0.39 is 15.6 Å². The fraction of sp³-hybridized carbons (Fsp3) is 0.650. The van der Waals surface area contributed by atoms with E-state index in [1.807, 2.05) is 6.92 Å². The summed E-state index contributed by atoms with van der Waals surface area (Å²) >= 11 is 0. The second kappa shape index (κ2) is 7.89. The van der Waals surface area contributed by atoms with Crippen LogP contribution in [-0.4, -0.2) is 44.9 Å². The molecule has 7 heteroatoms. The van der Waals surface area contributed by atoms with Crippen molar-refractivity contribution < 1.29 is 17.9 Å². The van der Waals surface area contributed by atoms with E-state index in [-0.39, 0.29) is 10.8 Å². The van der Waals surface area contributed by atoms with Crippen LogP contribution in [0, 0.1) is 0 Å². The molecule has 0 aromatic heterocycles. The van der Waals surface area contributed by atoms with Crippen LogP contribution in [0.25, 0.3) is 0 Å². The van der Waals surface area contributed by atoms with Crippen molar-refractivity contribution in [2.45, 2.75) is 63.4 Å². The molecule has 2 aliphatic rings. The average Bonchev–Trinajstić information content (AvgIpc) is 3.27. The molecular weight excluding hydrogens is 364 g/mol. The van der Waals surface area contributed by atoms with Crippen molar-refractivity contribution in [2.75, 3.05) is 31.1 Å². The van der Waals surface area contributed by atoms with E-state index in [2.05, 4.69) is 6.92 Å². The Morgan fingerprint density at radius 2 is 1.85 bits per heavy atom. The van der Waals surface area contributed by atoms with Gasteiger partial charge >= 0.3 is 0 Å². The Balaban J connectivity index is 2.04. The number of hydrogen-bond donors (Lipinski definition) is 0. The Morgan fingerprint density at radius 3 is 2.48 bits per heavy atom. The van der Waals surface area contributed by atoms with E-state index in [0.717, 1.165) is 37.8 Å². The molecular formula is C20H30N2O4S. The molecule has 0 radical (unpaired) electrons. The highest BCUT2D eigenvalue weighted by molar-refractivity contribution is 7.89. The standard InChI is InChI=1S/C20H30N2O4S/c1-4-6-13-22-18-10-9-16(27(24,25)21-11-7-8-12-21)15-17(18)20(3,19(22)23)26-14-5-2/h9-10,15H,4-8,11-14H2,1-3H3. The number of sulfonamides is 1. The highest BCUT2D eigenvalue weighted by atomic mass is 32.2. The van der Waals surface area contributed by atoms with Crippen LogP contribution in [0.5, 0.6) is 0 Å². The van der Waals surface area contributed by atoms with E-state index >= 15 is 0 Å². The number of fused-ring (bicyclic) bond motifs is 1. The van der Waals surface area contributed by atoms with Crippen molar-refractivity contribution in [3.63, 3.8) is 0 Å². The second-order valence-corrected chi connectivity index (χ2v) is 9.42. The summed E-state index contributed by atoms with van der Waals surface area (Å²) in [5.41, 5.74) is 0.306. The molecule has 1 amide bonds. The zero-order valence-corrected chi connectivity index (χ0v) is 17.3. The van der Waals surface area contributed by atoms with Crippen LogP contribution in [0.4, 0.5) is 5.69 Å². The molecule has 0 N–H and O–H groups in total. The van der Waals surface area contributed by atoms with Crippen LogP contribution < -0.4 is 4.90 Å². The van der Waals surface area contributed by atoms with Gasteiger partial charge < -0.3 is 9.64 Å². The van der Waals surface area contributed by atoms with Gasteiger partial charge in [-0.15, -0.1) is 0 Å². The minimum absolute atomic E-state index is 0.102. The smallest absolute Gasteiger partial charge is 0.263 e. The van der Waals surface area contributed by atoms with Crippen LogP contribution in [0.3, 0.4) is 0 Å². The third-order valence-corrected chi connectivity index (χ3v) is 7.35. The quantitative estimate of drug-likeness (QED) is 0.679. The number of amides is 1. The van der Waals surface area contributed by atoms with Crippen LogP contribution in [-0.2, 0) is 25.2 Å². The summed E-state index contributed by atoms with van der Waals surface area (Å²) in [4.78, 5) is 15.2. The van der Waals surface area contributed by atoms with E-state index in [0.29, 0.717) is 31.8 Å². The number of benzene rings is 1. The number of carbonyl (C=O) groups excluding carboxylic acids is 1. The first-order chi connectivity index (χ1) is 12.9. The van der Waals surface area contributed by atoms with Crippen molar-refractivity contribution in [1.82, 2.24) is 4.31 Å². The summed E-state index contributed by atoms with van der Waals surface area (Å²) in [6.07, 6.45) is 4.45. The average molecular weight is 395 g/mol. The maximum Gasteiger partial charge on any atom is 0.263 e. The van der Waals surface area contributed by atoms with E-state index in [1.54, 1.807) is 30.0 Å². The first-order valence-electron chi connectivity index (χ1n) is 9.97. The molecule has 0 aliphatic carbocycles. The van der Waals surface area contributed by atoms with Crippen LogP contribution in [0.2, 0.25) is 0 Å². The number of rotatable bonds is 8. The Bertz CT molecular complexity index is 802. The number of anilines is 1. The molecule has 1 unspecified atom stereocenters. The summed E-state index contributed by atoms with van der Waals surface area (Å²) < 4.78 is 33.5. The highest BCUT2D eigenvalue weighted by Crippen LogP contribution is 2.44. The normalized spacial score (nSPS) is 23.2. The molecule has 27 heavy (non-hydrogen) atoms. The zero-order chi connectivity index (χ0) is 19.7. The topological polar surface area (TPSA) is 66.9 Å². The molecule has 0 saturated carbocycles. The van der Waals surface area contributed by atoms with Crippen LogP contribution in [0.15, 0.2) is 23.1 Å². The molecule has 0 spiro atoms. The van der Waals surface area contributed by atoms with E-state index in [9.17, 15) is 13.2 Å². The minimum atomic E-state index is -3.53. The molecule has 3 rings (SSSR count). The van der Waals surface area contributed by atoms with Gasteiger partial charge in [0.25, 0.3) is 5.91 Å². The molecule has 1 atom stereocenters. The second-order valence-electron chi connectivity index (χ2n) is 7.48. The minimum Gasteiger partial charge on any atom is -0.361 e. The molecule has 150 valence electrons. The number of hydrogen-bond acceptors (Lipinski definition) is 4. The maximum atomic E-state index is 13.2. The summed E-state index contributed by atoms with van der Waals surface area (Å²) in [7, 11) is -3.53. The summed E-state index contributed by atoms with van der Waals surface area (Å²) in [6.45, 7) is 8.03.